The van der Waals surface area contributed by atoms with Crippen LogP contribution in [0.2, 0.25) is 0 Å². The molecule has 0 aliphatic carbocycles. The number of benzene rings is 2. The average Bonchev–Trinajstić information content (AvgIpc) is 2.69. The van der Waals surface area contributed by atoms with Crippen LogP contribution in [0.4, 0.5) is 14.5 Å². The highest BCUT2D eigenvalue weighted by Gasteiger charge is 2.26. The van der Waals surface area contributed by atoms with E-state index in [1.54, 1.807) is 12.1 Å². The maximum absolute atomic E-state index is 13.3. The van der Waals surface area contributed by atoms with Crippen molar-refractivity contribution in [2.75, 3.05) is 11.3 Å². The van der Waals surface area contributed by atoms with Crippen LogP contribution in [0, 0.1) is 11.6 Å². The largest absolute Gasteiger partial charge is 0.336 e. The first kappa shape index (κ1) is 20.3. The molecule has 1 N–H and O–H groups in total. The molecule has 28 heavy (non-hydrogen) atoms. The van der Waals surface area contributed by atoms with Crippen molar-refractivity contribution >= 4 is 21.6 Å². The van der Waals surface area contributed by atoms with E-state index < -0.39 is 21.7 Å². The minimum absolute atomic E-state index is 0.0680. The van der Waals surface area contributed by atoms with Gasteiger partial charge in [-0.3, -0.25) is 9.52 Å². The SMILES string of the molecule is CC[C@H]1CCCCN1C(=O)c1ccc(NS(=O)(=O)c2ccc(F)c(F)c2)cc1. The molecule has 0 aromatic heterocycles. The van der Waals surface area contributed by atoms with E-state index in [4.69, 9.17) is 0 Å². The van der Waals surface area contributed by atoms with Gasteiger partial charge in [0.25, 0.3) is 15.9 Å². The van der Waals surface area contributed by atoms with Crippen LogP contribution in [-0.2, 0) is 10.0 Å². The van der Waals surface area contributed by atoms with Gasteiger partial charge in [0.2, 0.25) is 0 Å². The Labute approximate surface area is 163 Å². The molecule has 1 saturated heterocycles. The smallest absolute Gasteiger partial charge is 0.261 e. The maximum Gasteiger partial charge on any atom is 0.261 e. The first-order chi connectivity index (χ1) is 13.3. The number of piperidine rings is 1. The van der Waals surface area contributed by atoms with Crippen LogP contribution in [0.1, 0.15) is 43.0 Å². The second kappa shape index (κ2) is 8.26. The summed E-state index contributed by atoms with van der Waals surface area (Å²) in [5.41, 5.74) is 0.711. The number of hydrogen-bond donors (Lipinski definition) is 1. The average molecular weight is 408 g/mol. The molecular formula is C20H22F2N2O3S. The van der Waals surface area contributed by atoms with Gasteiger partial charge in [0, 0.05) is 23.8 Å². The molecule has 150 valence electrons. The van der Waals surface area contributed by atoms with Crippen molar-refractivity contribution in [1.82, 2.24) is 4.90 Å². The number of hydrogen-bond acceptors (Lipinski definition) is 3. The van der Waals surface area contributed by atoms with Crippen molar-refractivity contribution in [2.45, 2.75) is 43.5 Å². The third-order valence-corrected chi connectivity index (χ3v) is 6.32. The van der Waals surface area contributed by atoms with Crippen molar-refractivity contribution in [2.24, 2.45) is 0 Å². The number of carbonyl (C=O) groups excluding carboxylic acids is 1. The monoisotopic (exact) mass is 408 g/mol. The van der Waals surface area contributed by atoms with Gasteiger partial charge in [-0.2, -0.15) is 0 Å². The van der Waals surface area contributed by atoms with E-state index in [-0.39, 0.29) is 22.5 Å². The second-order valence-electron chi connectivity index (χ2n) is 6.82. The van der Waals surface area contributed by atoms with E-state index in [9.17, 15) is 22.0 Å². The number of nitrogens with zero attached hydrogens (tertiary/aromatic N) is 1. The third kappa shape index (κ3) is 4.32. The lowest BCUT2D eigenvalue weighted by atomic mass is 9.99. The van der Waals surface area contributed by atoms with Crippen LogP contribution in [0.25, 0.3) is 0 Å². The number of halogens is 2. The first-order valence-corrected chi connectivity index (χ1v) is 10.7. The van der Waals surface area contributed by atoms with E-state index >= 15 is 0 Å². The van der Waals surface area contributed by atoms with Crippen molar-refractivity contribution < 1.29 is 22.0 Å². The van der Waals surface area contributed by atoms with E-state index in [0.717, 1.165) is 44.4 Å². The van der Waals surface area contributed by atoms with E-state index in [0.29, 0.717) is 11.6 Å². The molecule has 1 heterocycles. The number of nitrogens with one attached hydrogen (secondary N) is 1. The van der Waals surface area contributed by atoms with Gasteiger partial charge in [0.05, 0.1) is 4.90 Å². The van der Waals surface area contributed by atoms with E-state index in [1.165, 1.54) is 12.1 Å². The molecule has 2 aromatic carbocycles. The Morgan fingerprint density at radius 2 is 1.82 bits per heavy atom. The lowest BCUT2D eigenvalue weighted by molar-refractivity contribution is 0.0608. The molecule has 1 aliphatic rings. The second-order valence-corrected chi connectivity index (χ2v) is 8.50. The standard InChI is InChI=1S/C20H22F2N2O3S/c1-2-16-5-3-4-12-24(16)20(25)14-6-8-15(9-7-14)23-28(26,27)17-10-11-18(21)19(22)13-17/h6-11,13,16,23H,2-5,12H2,1H3/t16-/m0/s1. The van der Waals surface area contributed by atoms with Crippen LogP contribution in [0.5, 0.6) is 0 Å². The molecule has 0 saturated carbocycles. The fraction of sp³-hybridized carbons (Fsp3) is 0.350. The summed E-state index contributed by atoms with van der Waals surface area (Å²) in [6.07, 6.45) is 3.99. The summed E-state index contributed by atoms with van der Waals surface area (Å²) < 4.78 is 53.3. The van der Waals surface area contributed by atoms with Crippen LogP contribution < -0.4 is 4.72 Å². The van der Waals surface area contributed by atoms with Crippen molar-refractivity contribution in [1.29, 1.82) is 0 Å². The molecule has 3 rings (SSSR count). The van der Waals surface area contributed by atoms with Crippen LogP contribution in [0.3, 0.4) is 0 Å². The number of rotatable bonds is 5. The van der Waals surface area contributed by atoms with Gasteiger partial charge in [0.15, 0.2) is 11.6 Å². The molecule has 1 aliphatic heterocycles. The Balaban J connectivity index is 1.75. The molecular weight excluding hydrogens is 386 g/mol. The van der Waals surface area contributed by atoms with Gasteiger partial charge < -0.3 is 4.90 Å². The van der Waals surface area contributed by atoms with Crippen LogP contribution >= 0.6 is 0 Å². The summed E-state index contributed by atoms with van der Waals surface area (Å²) in [6.45, 7) is 2.79. The van der Waals surface area contributed by atoms with Crippen LogP contribution in [0.15, 0.2) is 47.4 Å². The highest BCUT2D eigenvalue weighted by atomic mass is 32.2. The lowest BCUT2D eigenvalue weighted by Gasteiger charge is -2.35. The Morgan fingerprint density at radius 3 is 2.46 bits per heavy atom. The summed E-state index contributed by atoms with van der Waals surface area (Å²) in [5.74, 6) is -2.43. The summed E-state index contributed by atoms with van der Waals surface area (Å²) in [7, 11) is -4.07. The highest BCUT2D eigenvalue weighted by Crippen LogP contribution is 2.23. The van der Waals surface area contributed by atoms with Gasteiger partial charge in [-0.15, -0.1) is 0 Å². The number of carbonyl (C=O) groups is 1. The normalized spacial score (nSPS) is 17.4. The molecule has 5 nitrogen and oxygen atoms in total. The minimum Gasteiger partial charge on any atom is -0.336 e. The van der Waals surface area contributed by atoms with Gasteiger partial charge in [0.1, 0.15) is 0 Å². The summed E-state index contributed by atoms with van der Waals surface area (Å²) in [5, 5.41) is 0. The van der Waals surface area contributed by atoms with Crippen LogP contribution in [-0.4, -0.2) is 31.8 Å². The predicted octanol–water partition coefficient (Wildman–Crippen LogP) is 4.17. The van der Waals surface area contributed by atoms with E-state index in [1.807, 2.05) is 4.90 Å². The Morgan fingerprint density at radius 1 is 1.11 bits per heavy atom. The van der Waals surface area contributed by atoms with Gasteiger partial charge in [-0.1, -0.05) is 6.92 Å². The Kier molecular flexibility index (Phi) is 5.98. The topological polar surface area (TPSA) is 66.5 Å². The highest BCUT2D eigenvalue weighted by molar-refractivity contribution is 7.92. The molecule has 8 heteroatoms. The number of amides is 1. The quantitative estimate of drug-likeness (QED) is 0.808. The Bertz CT molecular complexity index is 962. The van der Waals surface area contributed by atoms with E-state index in [2.05, 4.69) is 11.6 Å². The number of anilines is 1. The van der Waals surface area contributed by atoms with Crippen molar-refractivity contribution in [3.8, 4) is 0 Å². The zero-order chi connectivity index (χ0) is 20.3. The van der Waals surface area contributed by atoms with Gasteiger partial charge in [-0.25, -0.2) is 17.2 Å². The number of sulfonamides is 1. The first-order valence-electron chi connectivity index (χ1n) is 9.20. The zero-order valence-electron chi connectivity index (χ0n) is 15.5. The fourth-order valence-electron chi connectivity index (χ4n) is 3.40. The van der Waals surface area contributed by atoms with Gasteiger partial charge in [-0.05, 0) is 68.1 Å². The maximum atomic E-state index is 13.3. The lowest BCUT2D eigenvalue weighted by Crippen LogP contribution is -2.43. The number of likely N-dealkylation sites (tertiary alicyclic amines) is 1. The summed E-state index contributed by atoms with van der Waals surface area (Å²) >= 11 is 0. The van der Waals surface area contributed by atoms with Crippen molar-refractivity contribution in [3.05, 3.63) is 59.7 Å². The molecule has 1 amide bonds. The molecule has 1 atom stereocenters. The third-order valence-electron chi connectivity index (χ3n) is 4.94. The molecule has 0 unspecified atom stereocenters. The van der Waals surface area contributed by atoms with Gasteiger partial charge >= 0.3 is 0 Å². The summed E-state index contributed by atoms with van der Waals surface area (Å²) in [6, 6.07) is 8.68. The van der Waals surface area contributed by atoms with Crippen molar-refractivity contribution in [3.63, 3.8) is 0 Å². The molecule has 0 radical (unpaired) electrons. The Hall–Kier alpha value is -2.48. The fourth-order valence-corrected chi connectivity index (χ4v) is 4.47. The molecule has 0 spiro atoms. The molecule has 1 fully saturated rings. The summed E-state index contributed by atoms with van der Waals surface area (Å²) in [4.78, 5) is 14.3. The minimum atomic E-state index is -4.07. The predicted molar refractivity (Wildman–Crippen MR) is 103 cm³/mol. The molecule has 2 aromatic rings. The molecule has 0 bridgehead atoms. The zero-order valence-corrected chi connectivity index (χ0v) is 16.3.